The zero-order valence-electron chi connectivity index (χ0n) is 26.8. The van der Waals surface area contributed by atoms with Crippen LogP contribution < -0.4 is 4.90 Å². The van der Waals surface area contributed by atoms with E-state index in [1.165, 1.54) is 64.2 Å². The number of aromatic nitrogens is 1. The number of anilines is 3. The van der Waals surface area contributed by atoms with Gasteiger partial charge in [0.2, 0.25) is 0 Å². The summed E-state index contributed by atoms with van der Waals surface area (Å²) in [7, 11) is 0. The highest BCUT2D eigenvalue weighted by Gasteiger charge is 2.35. The zero-order valence-corrected chi connectivity index (χ0v) is 27.6. The average molecular weight is 633 g/mol. The van der Waals surface area contributed by atoms with Gasteiger partial charge in [-0.05, 0) is 95.1 Å². The van der Waals surface area contributed by atoms with Gasteiger partial charge >= 0.3 is 0 Å². The molecule has 7 aromatic carbocycles. The van der Waals surface area contributed by atoms with E-state index < -0.39 is 0 Å². The lowest BCUT2D eigenvalue weighted by Crippen LogP contribution is -2.15. The fraction of sp³-hybridized carbons (Fsp3) is 0.0667. The molecule has 0 N–H and O–H groups in total. The van der Waals surface area contributed by atoms with Crippen LogP contribution in [0.15, 0.2) is 158 Å². The summed E-state index contributed by atoms with van der Waals surface area (Å²) < 4.78 is 5.02. The predicted octanol–water partition coefficient (Wildman–Crippen LogP) is 12.9. The van der Waals surface area contributed by atoms with Crippen molar-refractivity contribution in [2.75, 3.05) is 4.90 Å². The number of thiophene rings is 1. The fourth-order valence-electron chi connectivity index (χ4n) is 8.10. The van der Waals surface area contributed by atoms with E-state index in [9.17, 15) is 0 Å². The van der Waals surface area contributed by atoms with Crippen molar-refractivity contribution >= 4 is 70.4 Å². The number of fused-ring (bicyclic) bond motifs is 9. The Labute approximate surface area is 283 Å². The normalized spacial score (nSPS) is 13.4. The van der Waals surface area contributed by atoms with Gasteiger partial charge in [-0.25, -0.2) is 0 Å². The summed E-state index contributed by atoms with van der Waals surface area (Å²) >= 11 is 1.86. The Bertz CT molecular complexity index is 2650. The van der Waals surface area contributed by atoms with E-state index in [2.05, 4.69) is 181 Å². The van der Waals surface area contributed by atoms with Crippen LogP contribution in [0, 0.1) is 0 Å². The lowest BCUT2D eigenvalue weighted by atomic mass is 9.82. The maximum atomic E-state index is 2.43. The molecule has 1 aliphatic carbocycles. The summed E-state index contributed by atoms with van der Waals surface area (Å²) in [4.78, 5) is 2.43. The number of hydrogen-bond donors (Lipinski definition) is 0. The highest BCUT2D eigenvalue weighted by Crippen LogP contribution is 2.51. The number of rotatable bonds is 4. The van der Waals surface area contributed by atoms with Crippen LogP contribution in [0.3, 0.4) is 0 Å². The molecule has 0 aliphatic heterocycles. The van der Waals surface area contributed by atoms with E-state index in [0.717, 1.165) is 22.7 Å². The summed E-state index contributed by atoms with van der Waals surface area (Å²) in [6, 6.07) is 58.2. The van der Waals surface area contributed by atoms with E-state index in [1.807, 2.05) is 11.3 Å². The summed E-state index contributed by atoms with van der Waals surface area (Å²) in [5.74, 6) is 0. The molecule has 228 valence electrons. The molecule has 0 spiro atoms. The number of para-hydroxylation sites is 2. The molecule has 0 saturated carbocycles. The second-order valence-electron chi connectivity index (χ2n) is 13.4. The van der Waals surface area contributed by atoms with Crippen molar-refractivity contribution in [1.82, 2.24) is 4.57 Å². The van der Waals surface area contributed by atoms with Crippen LogP contribution in [-0.2, 0) is 5.41 Å². The maximum absolute atomic E-state index is 2.43. The van der Waals surface area contributed by atoms with Crippen LogP contribution in [0.2, 0.25) is 0 Å². The topological polar surface area (TPSA) is 8.17 Å². The average Bonchev–Trinajstić information content (AvgIpc) is 3.74. The molecule has 0 atom stereocenters. The molecule has 48 heavy (non-hydrogen) atoms. The first-order chi connectivity index (χ1) is 23.6. The van der Waals surface area contributed by atoms with Gasteiger partial charge in [-0.15, -0.1) is 11.3 Å². The highest BCUT2D eigenvalue weighted by molar-refractivity contribution is 7.25. The number of nitrogens with zero attached hydrogens (tertiary/aromatic N) is 2. The largest absolute Gasteiger partial charge is 0.310 e. The molecule has 0 bridgehead atoms. The van der Waals surface area contributed by atoms with Crippen molar-refractivity contribution in [2.45, 2.75) is 19.3 Å². The second-order valence-corrected chi connectivity index (χ2v) is 14.5. The molecule has 0 amide bonds. The van der Waals surface area contributed by atoms with Crippen molar-refractivity contribution in [3.8, 4) is 16.8 Å². The van der Waals surface area contributed by atoms with Crippen LogP contribution >= 0.6 is 11.3 Å². The van der Waals surface area contributed by atoms with Gasteiger partial charge in [0, 0.05) is 59.1 Å². The monoisotopic (exact) mass is 632 g/mol. The third-order valence-electron chi connectivity index (χ3n) is 10.4. The molecule has 3 heteroatoms. The van der Waals surface area contributed by atoms with E-state index >= 15 is 0 Å². The van der Waals surface area contributed by atoms with Crippen LogP contribution in [0.4, 0.5) is 17.1 Å². The Balaban J connectivity index is 1.17. The lowest BCUT2D eigenvalue weighted by Gasteiger charge is -2.27. The molecule has 9 aromatic rings. The van der Waals surface area contributed by atoms with Gasteiger partial charge in [0.1, 0.15) is 0 Å². The summed E-state index contributed by atoms with van der Waals surface area (Å²) in [5, 5.41) is 5.16. The van der Waals surface area contributed by atoms with Crippen LogP contribution in [0.1, 0.15) is 25.0 Å². The van der Waals surface area contributed by atoms with E-state index in [-0.39, 0.29) is 5.41 Å². The molecule has 2 heterocycles. The fourth-order valence-corrected chi connectivity index (χ4v) is 9.19. The summed E-state index contributed by atoms with van der Waals surface area (Å²) in [6.07, 6.45) is 0. The van der Waals surface area contributed by atoms with Crippen molar-refractivity contribution in [2.24, 2.45) is 0 Å². The molecule has 0 saturated heterocycles. The van der Waals surface area contributed by atoms with E-state index in [4.69, 9.17) is 0 Å². The lowest BCUT2D eigenvalue weighted by molar-refractivity contribution is 0.660. The van der Waals surface area contributed by atoms with Crippen LogP contribution in [-0.4, -0.2) is 4.57 Å². The third kappa shape index (κ3) is 3.92. The Hall–Kier alpha value is -5.64. The second kappa shape index (κ2) is 10.2. The first kappa shape index (κ1) is 27.5. The van der Waals surface area contributed by atoms with E-state index in [0.29, 0.717) is 0 Å². The van der Waals surface area contributed by atoms with E-state index in [1.54, 1.807) is 0 Å². The molecular weight excluding hydrogens is 601 g/mol. The third-order valence-corrected chi connectivity index (χ3v) is 11.5. The molecule has 1 aliphatic rings. The van der Waals surface area contributed by atoms with Crippen LogP contribution in [0.25, 0.3) is 58.8 Å². The zero-order chi connectivity index (χ0) is 32.0. The molecular formula is C45H32N2S. The molecule has 0 fully saturated rings. The van der Waals surface area contributed by atoms with Crippen LogP contribution in [0.5, 0.6) is 0 Å². The SMILES string of the molecule is CC1(C)c2ccccc2-c2cc(N(c3ccc(-n4c5ccccc5c5ccccc54)cc3)c3ccc4sc5ccccc5c4c3)ccc21. The van der Waals surface area contributed by atoms with Crippen molar-refractivity contribution in [1.29, 1.82) is 0 Å². The smallest absolute Gasteiger partial charge is 0.0541 e. The quantitative estimate of drug-likeness (QED) is 0.187. The minimum Gasteiger partial charge on any atom is -0.310 e. The van der Waals surface area contributed by atoms with Crippen molar-refractivity contribution in [3.05, 3.63) is 169 Å². The molecule has 2 nitrogen and oxygen atoms in total. The van der Waals surface area contributed by atoms with Gasteiger partial charge < -0.3 is 9.47 Å². The Morgan fingerprint density at radius 2 is 1.02 bits per heavy atom. The first-order valence-electron chi connectivity index (χ1n) is 16.6. The van der Waals surface area contributed by atoms with Gasteiger partial charge in [0.25, 0.3) is 0 Å². The van der Waals surface area contributed by atoms with Crippen molar-refractivity contribution < 1.29 is 0 Å². The summed E-state index contributed by atoms with van der Waals surface area (Å²) in [5.41, 5.74) is 12.4. The molecule has 10 rings (SSSR count). The van der Waals surface area contributed by atoms with Gasteiger partial charge in [-0.1, -0.05) is 98.8 Å². The molecule has 0 unspecified atom stereocenters. The van der Waals surface area contributed by atoms with Gasteiger partial charge in [-0.2, -0.15) is 0 Å². The predicted molar refractivity (Wildman–Crippen MR) is 206 cm³/mol. The van der Waals surface area contributed by atoms with Gasteiger partial charge in [-0.3, -0.25) is 0 Å². The Morgan fingerprint density at radius 3 is 1.79 bits per heavy atom. The Kier molecular flexibility index (Phi) is 5.82. The Morgan fingerprint density at radius 1 is 0.458 bits per heavy atom. The van der Waals surface area contributed by atoms with Gasteiger partial charge in [0.05, 0.1) is 11.0 Å². The number of hydrogen-bond acceptors (Lipinski definition) is 2. The van der Waals surface area contributed by atoms with Crippen molar-refractivity contribution in [3.63, 3.8) is 0 Å². The first-order valence-corrected chi connectivity index (χ1v) is 17.4. The maximum Gasteiger partial charge on any atom is 0.0541 e. The number of benzene rings is 7. The minimum atomic E-state index is -0.0340. The highest BCUT2D eigenvalue weighted by atomic mass is 32.1. The standard InChI is InChI=1S/C45H32N2S/c1-45(2)39-15-7-3-11-33(39)37-27-31(23-25-40(37)45)46(32-24-26-44-38(28-32)36-14-6-10-18-43(36)48-44)29-19-21-30(22-20-29)47-41-16-8-4-12-34(41)35-13-5-9-17-42(35)47/h3-28H,1-2H3. The molecule has 0 radical (unpaired) electrons. The van der Waals surface area contributed by atoms with Gasteiger partial charge in [0.15, 0.2) is 0 Å². The minimum absolute atomic E-state index is 0.0340. The summed E-state index contributed by atoms with van der Waals surface area (Å²) in [6.45, 7) is 4.69. The molecule has 2 aromatic heterocycles.